The zero-order valence-electron chi connectivity index (χ0n) is 44.0. The van der Waals surface area contributed by atoms with E-state index in [1.165, 1.54) is 167 Å². The summed E-state index contributed by atoms with van der Waals surface area (Å²) in [6.07, 6.45) is 73.5. The van der Waals surface area contributed by atoms with Crippen LogP contribution in [0.2, 0.25) is 0 Å². The molecule has 0 aromatic rings. The summed E-state index contributed by atoms with van der Waals surface area (Å²) in [6, 6.07) is 0. The summed E-state index contributed by atoms with van der Waals surface area (Å²) in [5, 5.41) is 0. The minimum absolute atomic E-state index is 0.0718. The second-order valence-corrected chi connectivity index (χ2v) is 18.8. The Bertz CT molecular complexity index is 1180. The lowest BCUT2D eigenvalue weighted by Crippen LogP contribution is -2.30. The van der Waals surface area contributed by atoms with Crippen molar-refractivity contribution in [3.63, 3.8) is 0 Å². The topological polar surface area (TPSA) is 61.8 Å². The Balaban J connectivity index is 4.29. The van der Waals surface area contributed by atoms with E-state index in [-0.39, 0.29) is 25.2 Å². The maximum Gasteiger partial charge on any atom is 0.306 e. The summed E-state index contributed by atoms with van der Waals surface area (Å²) in [6.45, 7) is 7.67. The molecule has 0 radical (unpaired) electrons. The molecule has 0 aliphatic heterocycles. The predicted octanol–water partition coefficient (Wildman–Crippen LogP) is 19.5. The van der Waals surface area contributed by atoms with Gasteiger partial charge < -0.3 is 14.2 Å². The third-order valence-corrected chi connectivity index (χ3v) is 12.2. The summed E-state index contributed by atoms with van der Waals surface area (Å²) in [5.74, 6) is -0.418. The van der Waals surface area contributed by atoms with E-state index in [0.29, 0.717) is 19.4 Å². The number of hydrogen-bond donors (Lipinski definition) is 0. The van der Waals surface area contributed by atoms with Crippen LogP contribution in [0.1, 0.15) is 278 Å². The average molecular weight is 922 g/mol. The molecule has 0 amide bonds. The van der Waals surface area contributed by atoms with Gasteiger partial charge in [0.05, 0.1) is 6.61 Å². The van der Waals surface area contributed by atoms with Gasteiger partial charge in [0.2, 0.25) is 0 Å². The number of allylic oxidation sites excluding steroid dienone is 12. The summed E-state index contributed by atoms with van der Waals surface area (Å²) in [7, 11) is 0. The van der Waals surface area contributed by atoms with Crippen molar-refractivity contribution in [1.29, 1.82) is 0 Å². The lowest BCUT2D eigenvalue weighted by Gasteiger charge is -2.18. The predicted molar refractivity (Wildman–Crippen MR) is 288 cm³/mol. The molecular formula is C61H108O5. The van der Waals surface area contributed by atoms with Crippen LogP contribution in [0.15, 0.2) is 72.9 Å². The summed E-state index contributed by atoms with van der Waals surface area (Å²) in [5.41, 5.74) is 0. The molecule has 0 aromatic heterocycles. The van der Waals surface area contributed by atoms with E-state index in [4.69, 9.17) is 14.2 Å². The molecule has 0 N–H and O–H groups in total. The van der Waals surface area contributed by atoms with Crippen LogP contribution in [0.5, 0.6) is 0 Å². The third-order valence-electron chi connectivity index (χ3n) is 12.2. The monoisotopic (exact) mass is 921 g/mol. The molecule has 5 nitrogen and oxygen atoms in total. The van der Waals surface area contributed by atoms with Gasteiger partial charge in [-0.05, 0) is 109 Å². The highest BCUT2D eigenvalue weighted by atomic mass is 16.6. The van der Waals surface area contributed by atoms with Crippen LogP contribution >= 0.6 is 0 Å². The van der Waals surface area contributed by atoms with Crippen LogP contribution in [0.4, 0.5) is 0 Å². The van der Waals surface area contributed by atoms with E-state index in [9.17, 15) is 9.59 Å². The average Bonchev–Trinajstić information content (AvgIpc) is 3.32. The van der Waals surface area contributed by atoms with Gasteiger partial charge in [-0.3, -0.25) is 9.59 Å². The van der Waals surface area contributed by atoms with Crippen LogP contribution in [0.3, 0.4) is 0 Å². The number of carbonyl (C=O) groups excluding carboxylic acids is 2. The fraction of sp³-hybridized carbons (Fsp3) is 0.770. The number of carbonyl (C=O) groups is 2. The van der Waals surface area contributed by atoms with Crippen molar-refractivity contribution in [3.05, 3.63) is 72.9 Å². The summed E-state index contributed by atoms with van der Waals surface area (Å²) >= 11 is 0. The van der Waals surface area contributed by atoms with E-state index >= 15 is 0 Å². The van der Waals surface area contributed by atoms with E-state index < -0.39 is 6.10 Å². The molecule has 1 atom stereocenters. The first-order valence-electron chi connectivity index (χ1n) is 28.5. The molecule has 0 bridgehead atoms. The highest BCUT2D eigenvalue weighted by Gasteiger charge is 2.17. The van der Waals surface area contributed by atoms with Gasteiger partial charge in [-0.25, -0.2) is 0 Å². The van der Waals surface area contributed by atoms with Crippen LogP contribution < -0.4 is 0 Å². The highest BCUT2D eigenvalue weighted by molar-refractivity contribution is 5.70. The number of unbranched alkanes of at least 4 members (excludes halogenated alkanes) is 29. The zero-order valence-corrected chi connectivity index (χ0v) is 44.0. The van der Waals surface area contributed by atoms with E-state index in [0.717, 1.165) is 77.0 Å². The van der Waals surface area contributed by atoms with Crippen molar-refractivity contribution in [2.24, 2.45) is 0 Å². The Morgan fingerprint density at radius 1 is 0.348 bits per heavy atom. The maximum absolute atomic E-state index is 12.8. The van der Waals surface area contributed by atoms with Crippen molar-refractivity contribution >= 4 is 11.9 Å². The van der Waals surface area contributed by atoms with Crippen LogP contribution in [0, 0.1) is 0 Å². The zero-order chi connectivity index (χ0) is 47.7. The third kappa shape index (κ3) is 54.0. The Labute approximate surface area is 410 Å². The fourth-order valence-electron chi connectivity index (χ4n) is 7.96. The smallest absolute Gasteiger partial charge is 0.306 e. The van der Waals surface area contributed by atoms with Crippen molar-refractivity contribution in [2.45, 2.75) is 284 Å². The molecular weight excluding hydrogens is 813 g/mol. The molecule has 0 aliphatic carbocycles. The molecule has 0 fully saturated rings. The van der Waals surface area contributed by atoms with Gasteiger partial charge in [0, 0.05) is 19.4 Å². The minimum atomic E-state index is -0.554. The first-order chi connectivity index (χ1) is 32.6. The van der Waals surface area contributed by atoms with Crippen molar-refractivity contribution in [3.8, 4) is 0 Å². The fourth-order valence-corrected chi connectivity index (χ4v) is 7.96. The van der Waals surface area contributed by atoms with Crippen LogP contribution in [0.25, 0.3) is 0 Å². The summed E-state index contributed by atoms with van der Waals surface area (Å²) < 4.78 is 17.5. The van der Waals surface area contributed by atoms with Gasteiger partial charge in [0.1, 0.15) is 6.61 Å². The first-order valence-corrected chi connectivity index (χ1v) is 28.5. The van der Waals surface area contributed by atoms with E-state index in [2.05, 4.69) is 93.7 Å². The molecule has 0 saturated carbocycles. The Morgan fingerprint density at radius 3 is 1.14 bits per heavy atom. The molecule has 0 spiro atoms. The second-order valence-electron chi connectivity index (χ2n) is 18.8. The number of ether oxygens (including phenoxy) is 3. The quantitative estimate of drug-likeness (QED) is 0.0346. The number of rotatable bonds is 52. The van der Waals surface area contributed by atoms with Crippen molar-refractivity contribution in [2.75, 3.05) is 19.8 Å². The van der Waals surface area contributed by atoms with Gasteiger partial charge in [-0.2, -0.15) is 0 Å². The summed E-state index contributed by atoms with van der Waals surface area (Å²) in [4.78, 5) is 25.5. The number of esters is 2. The molecule has 66 heavy (non-hydrogen) atoms. The Morgan fingerprint density at radius 2 is 0.682 bits per heavy atom. The van der Waals surface area contributed by atoms with Gasteiger partial charge in [0.25, 0.3) is 0 Å². The molecule has 5 heteroatoms. The van der Waals surface area contributed by atoms with Gasteiger partial charge in [-0.1, -0.05) is 229 Å². The van der Waals surface area contributed by atoms with Crippen LogP contribution in [-0.2, 0) is 23.8 Å². The lowest BCUT2D eigenvalue weighted by molar-refractivity contribution is -0.163. The van der Waals surface area contributed by atoms with Gasteiger partial charge >= 0.3 is 11.9 Å². The van der Waals surface area contributed by atoms with E-state index in [1.807, 2.05) is 0 Å². The van der Waals surface area contributed by atoms with Crippen molar-refractivity contribution < 1.29 is 23.8 Å². The second kappa shape index (κ2) is 56.7. The van der Waals surface area contributed by atoms with Gasteiger partial charge in [-0.15, -0.1) is 0 Å². The maximum atomic E-state index is 12.8. The SMILES string of the molecule is CC/C=C\C/C=C\C/C=C\CCCCCCCC(=O)OC(COCCCCCCCC/C=C\C/C=C\CCCCC)COC(=O)CCCCCCCCCCC/C=C\CCCCCCCC. The van der Waals surface area contributed by atoms with Crippen molar-refractivity contribution in [1.82, 2.24) is 0 Å². The highest BCUT2D eigenvalue weighted by Crippen LogP contribution is 2.15. The molecule has 382 valence electrons. The minimum Gasteiger partial charge on any atom is -0.462 e. The Kier molecular flexibility index (Phi) is 54.4. The molecule has 0 saturated heterocycles. The molecule has 1 unspecified atom stereocenters. The standard InChI is InChI=1S/C61H108O5/c1-4-7-10-13-16-19-22-25-28-30-31-32-34-36-39-42-45-48-51-54-60(62)65-58-59(57-64-56-53-50-47-44-41-38-35-29-26-23-20-17-14-11-8-5-2)66-61(63)55-52-49-46-43-40-37-33-27-24-21-18-15-12-9-6-3/h9,12,17-18,20-21,25-29,33,59H,4-8,10-11,13-16,19,22-24,30-32,34-58H2,1-3H3/b12-9-,20-17-,21-18-,28-25-,29-26-,33-27-. The molecule has 0 aliphatic rings. The van der Waals surface area contributed by atoms with Crippen LogP contribution in [-0.4, -0.2) is 37.9 Å². The lowest BCUT2D eigenvalue weighted by atomic mass is 10.1. The number of hydrogen-bond acceptors (Lipinski definition) is 5. The van der Waals surface area contributed by atoms with E-state index in [1.54, 1.807) is 0 Å². The largest absolute Gasteiger partial charge is 0.462 e. The van der Waals surface area contributed by atoms with Gasteiger partial charge in [0.15, 0.2) is 6.10 Å². The first kappa shape index (κ1) is 63.3. The molecule has 0 rings (SSSR count). The molecule has 0 heterocycles. The molecule has 0 aromatic carbocycles. The normalized spacial score (nSPS) is 12.7. The Hall–Kier alpha value is -2.66.